The third kappa shape index (κ3) is 6.26. The Morgan fingerprint density at radius 2 is 2.15 bits per heavy atom. The van der Waals surface area contributed by atoms with Gasteiger partial charge in [0.1, 0.15) is 18.4 Å². The fourth-order valence-corrected chi connectivity index (χ4v) is 2.02. The average Bonchev–Trinajstić information content (AvgIpc) is 2.41. The highest BCUT2D eigenvalue weighted by Crippen LogP contribution is 2.16. The second-order valence-corrected chi connectivity index (χ2v) is 5.40. The van der Waals surface area contributed by atoms with E-state index in [1.807, 2.05) is 12.1 Å². The van der Waals surface area contributed by atoms with Crippen molar-refractivity contribution in [1.29, 1.82) is 0 Å². The zero-order valence-electron chi connectivity index (χ0n) is 12.2. The van der Waals surface area contributed by atoms with Crippen LogP contribution in [0.25, 0.3) is 0 Å². The zero-order valence-corrected chi connectivity index (χ0v) is 12.9. The number of carbonyl (C=O) groups is 1. The summed E-state index contributed by atoms with van der Waals surface area (Å²) in [6.45, 7) is 5.17. The van der Waals surface area contributed by atoms with Gasteiger partial charge in [0.2, 0.25) is 0 Å². The Labute approximate surface area is 125 Å². The van der Waals surface area contributed by atoms with Gasteiger partial charge in [-0.3, -0.25) is 4.79 Å². The normalized spacial score (nSPS) is 12.2. The summed E-state index contributed by atoms with van der Waals surface area (Å²) >= 11 is 5.87. The number of hydrogen-bond donors (Lipinski definition) is 1. The van der Waals surface area contributed by atoms with E-state index in [-0.39, 0.29) is 12.0 Å². The highest BCUT2D eigenvalue weighted by atomic mass is 35.5. The second kappa shape index (κ2) is 8.82. The van der Waals surface area contributed by atoms with Gasteiger partial charge in [-0.15, -0.1) is 0 Å². The molecule has 0 heterocycles. The van der Waals surface area contributed by atoms with E-state index in [1.165, 1.54) is 7.11 Å². The molecule has 0 aliphatic rings. The second-order valence-electron chi connectivity index (χ2n) is 4.97. The van der Waals surface area contributed by atoms with Gasteiger partial charge in [0.05, 0.1) is 7.11 Å². The summed E-state index contributed by atoms with van der Waals surface area (Å²) in [5, 5.41) is 3.80. The van der Waals surface area contributed by atoms with Crippen molar-refractivity contribution in [2.75, 3.05) is 20.3 Å². The molecule has 1 aromatic carbocycles. The van der Waals surface area contributed by atoms with Crippen molar-refractivity contribution in [2.45, 2.75) is 26.3 Å². The number of halogens is 1. The smallest absolute Gasteiger partial charge is 0.322 e. The molecule has 1 aromatic rings. The van der Waals surface area contributed by atoms with Crippen LogP contribution >= 0.6 is 11.6 Å². The number of esters is 1. The minimum absolute atomic E-state index is 0.235. The molecule has 20 heavy (non-hydrogen) atoms. The molecule has 0 radical (unpaired) electrons. The number of ether oxygens (including phenoxy) is 2. The first-order valence-electron chi connectivity index (χ1n) is 6.72. The van der Waals surface area contributed by atoms with Crippen molar-refractivity contribution in [3.05, 3.63) is 29.3 Å². The van der Waals surface area contributed by atoms with Crippen LogP contribution in [0.2, 0.25) is 5.02 Å². The summed E-state index contributed by atoms with van der Waals surface area (Å²) in [4.78, 5) is 11.6. The average molecular weight is 300 g/mol. The van der Waals surface area contributed by atoms with Crippen molar-refractivity contribution in [3.63, 3.8) is 0 Å². The zero-order chi connectivity index (χ0) is 15.0. The van der Waals surface area contributed by atoms with E-state index < -0.39 is 0 Å². The van der Waals surface area contributed by atoms with Crippen molar-refractivity contribution in [3.8, 4) is 5.75 Å². The summed E-state index contributed by atoms with van der Waals surface area (Å²) < 4.78 is 10.3. The van der Waals surface area contributed by atoms with Crippen LogP contribution in [0.5, 0.6) is 5.75 Å². The highest BCUT2D eigenvalue weighted by molar-refractivity contribution is 6.30. The number of carbonyl (C=O) groups excluding carboxylic acids is 1. The van der Waals surface area contributed by atoms with Crippen molar-refractivity contribution in [1.82, 2.24) is 5.32 Å². The van der Waals surface area contributed by atoms with Crippen LogP contribution in [0.4, 0.5) is 0 Å². The molecule has 112 valence electrons. The molecule has 1 atom stereocenters. The number of benzene rings is 1. The summed E-state index contributed by atoms with van der Waals surface area (Å²) in [6.07, 6.45) is 0.740. The standard InChI is InChI=1S/C15H22ClNO3/c1-11(2)9-14(15(18)19-3)17-7-8-20-13-6-4-5-12(16)10-13/h4-6,10-11,14,17H,7-9H2,1-3H3. The first-order valence-corrected chi connectivity index (χ1v) is 7.10. The molecular formula is C15H22ClNO3. The van der Waals surface area contributed by atoms with E-state index in [2.05, 4.69) is 19.2 Å². The molecule has 1 unspecified atom stereocenters. The molecule has 1 N–H and O–H groups in total. The highest BCUT2D eigenvalue weighted by Gasteiger charge is 2.19. The minimum atomic E-state index is -0.289. The maximum atomic E-state index is 11.6. The summed E-state index contributed by atoms with van der Waals surface area (Å²) in [5.74, 6) is 0.902. The van der Waals surface area contributed by atoms with Gasteiger partial charge in [-0.2, -0.15) is 0 Å². The van der Waals surface area contributed by atoms with E-state index in [9.17, 15) is 4.79 Å². The van der Waals surface area contributed by atoms with Crippen molar-refractivity contribution < 1.29 is 14.3 Å². The van der Waals surface area contributed by atoms with Gasteiger partial charge in [-0.1, -0.05) is 31.5 Å². The van der Waals surface area contributed by atoms with Crippen molar-refractivity contribution in [2.24, 2.45) is 5.92 Å². The molecule has 0 saturated heterocycles. The Balaban J connectivity index is 2.35. The number of hydrogen-bond acceptors (Lipinski definition) is 4. The Hall–Kier alpha value is -1.26. The van der Waals surface area contributed by atoms with Gasteiger partial charge in [-0.05, 0) is 30.5 Å². The summed E-state index contributed by atoms with van der Waals surface area (Å²) in [6, 6.07) is 6.94. The van der Waals surface area contributed by atoms with E-state index >= 15 is 0 Å². The molecule has 5 heteroatoms. The van der Waals surface area contributed by atoms with E-state index in [4.69, 9.17) is 21.1 Å². The van der Waals surface area contributed by atoms with Crippen LogP contribution in [-0.4, -0.2) is 32.3 Å². The largest absolute Gasteiger partial charge is 0.492 e. The SMILES string of the molecule is COC(=O)C(CC(C)C)NCCOc1cccc(Cl)c1. The number of rotatable bonds is 8. The van der Waals surface area contributed by atoms with Gasteiger partial charge < -0.3 is 14.8 Å². The van der Waals surface area contributed by atoms with E-state index in [1.54, 1.807) is 12.1 Å². The van der Waals surface area contributed by atoms with Crippen LogP contribution < -0.4 is 10.1 Å². The molecule has 0 saturated carbocycles. The molecule has 0 bridgehead atoms. The molecule has 0 aromatic heterocycles. The van der Waals surface area contributed by atoms with Crippen molar-refractivity contribution >= 4 is 17.6 Å². The predicted octanol–water partition coefficient (Wildman–Crippen LogP) is 2.90. The van der Waals surface area contributed by atoms with Gasteiger partial charge in [0.15, 0.2) is 0 Å². The van der Waals surface area contributed by atoms with Crippen LogP contribution in [0, 0.1) is 5.92 Å². The Morgan fingerprint density at radius 1 is 1.40 bits per heavy atom. The Morgan fingerprint density at radius 3 is 2.75 bits per heavy atom. The first-order chi connectivity index (χ1) is 9.52. The fraction of sp³-hybridized carbons (Fsp3) is 0.533. The number of methoxy groups -OCH3 is 1. The fourth-order valence-electron chi connectivity index (χ4n) is 1.84. The van der Waals surface area contributed by atoms with Gasteiger partial charge in [0, 0.05) is 11.6 Å². The number of nitrogens with one attached hydrogen (secondary N) is 1. The van der Waals surface area contributed by atoms with Crippen LogP contribution in [-0.2, 0) is 9.53 Å². The Kier molecular flexibility index (Phi) is 7.41. The topological polar surface area (TPSA) is 47.6 Å². The maximum Gasteiger partial charge on any atom is 0.322 e. The molecule has 0 aliphatic heterocycles. The lowest BCUT2D eigenvalue weighted by Gasteiger charge is -2.18. The lowest BCUT2D eigenvalue weighted by molar-refractivity contribution is -0.143. The lowest BCUT2D eigenvalue weighted by Crippen LogP contribution is -2.40. The van der Waals surface area contributed by atoms with Gasteiger partial charge in [0.25, 0.3) is 0 Å². The molecule has 0 spiro atoms. The van der Waals surface area contributed by atoms with Crippen LogP contribution in [0.15, 0.2) is 24.3 Å². The monoisotopic (exact) mass is 299 g/mol. The maximum absolute atomic E-state index is 11.6. The molecular weight excluding hydrogens is 278 g/mol. The molecule has 1 rings (SSSR count). The summed E-state index contributed by atoms with van der Waals surface area (Å²) in [7, 11) is 1.40. The van der Waals surface area contributed by atoms with E-state index in [0.717, 1.165) is 12.2 Å². The Bertz CT molecular complexity index is 423. The van der Waals surface area contributed by atoms with E-state index in [0.29, 0.717) is 24.1 Å². The summed E-state index contributed by atoms with van der Waals surface area (Å²) in [5.41, 5.74) is 0. The van der Waals surface area contributed by atoms with Crippen LogP contribution in [0.3, 0.4) is 0 Å². The lowest BCUT2D eigenvalue weighted by atomic mass is 10.0. The molecule has 4 nitrogen and oxygen atoms in total. The first kappa shape index (κ1) is 16.8. The molecule has 0 fully saturated rings. The minimum Gasteiger partial charge on any atom is -0.492 e. The predicted molar refractivity (Wildman–Crippen MR) is 80.2 cm³/mol. The molecule has 0 amide bonds. The third-order valence-electron chi connectivity index (χ3n) is 2.75. The van der Waals surface area contributed by atoms with Gasteiger partial charge >= 0.3 is 5.97 Å². The quantitative estimate of drug-likeness (QED) is 0.592. The third-order valence-corrected chi connectivity index (χ3v) is 2.99. The van der Waals surface area contributed by atoms with Crippen LogP contribution in [0.1, 0.15) is 20.3 Å². The molecule has 0 aliphatic carbocycles. The van der Waals surface area contributed by atoms with Gasteiger partial charge in [-0.25, -0.2) is 0 Å².